The largest absolute Gasteiger partial charge is 0.363 e. The first-order chi connectivity index (χ1) is 4.79. The monoisotopic (exact) mass is 140 g/mol. The Morgan fingerprint density at radius 1 is 1.30 bits per heavy atom. The second-order valence-corrected chi connectivity index (χ2v) is 2.59. The van der Waals surface area contributed by atoms with Crippen LogP contribution in [-0.2, 0) is 14.3 Å². The molecule has 3 nitrogen and oxygen atoms in total. The third kappa shape index (κ3) is 0.646. The fourth-order valence-corrected chi connectivity index (χ4v) is 1.30. The third-order valence-corrected chi connectivity index (χ3v) is 1.85. The molecule has 2 atom stereocenters. The quantitative estimate of drug-likeness (QED) is 0.441. The summed E-state index contributed by atoms with van der Waals surface area (Å²) in [6, 6.07) is 0. The lowest BCUT2D eigenvalue weighted by Crippen LogP contribution is -2.22. The Labute approximate surface area is 58.6 Å². The van der Waals surface area contributed by atoms with E-state index in [0.717, 1.165) is 5.57 Å². The minimum absolute atomic E-state index is 0.0450. The minimum atomic E-state index is -0.340. The summed E-state index contributed by atoms with van der Waals surface area (Å²) in [6.07, 6.45) is -0.486. The van der Waals surface area contributed by atoms with E-state index in [1.165, 1.54) is 0 Å². The van der Waals surface area contributed by atoms with Crippen molar-refractivity contribution in [2.75, 3.05) is 13.2 Å². The van der Waals surface area contributed by atoms with Crippen molar-refractivity contribution >= 4 is 5.78 Å². The van der Waals surface area contributed by atoms with Crippen LogP contribution in [0.2, 0.25) is 0 Å². The number of Topliss-reactive ketones (excluding diaryl/α,β-unsaturated/α-hetero) is 1. The third-order valence-electron chi connectivity index (χ3n) is 1.85. The van der Waals surface area contributed by atoms with Gasteiger partial charge < -0.3 is 9.47 Å². The maximum absolute atomic E-state index is 10.9. The molecule has 2 heterocycles. The van der Waals surface area contributed by atoms with Crippen molar-refractivity contribution < 1.29 is 14.3 Å². The van der Waals surface area contributed by atoms with E-state index in [1.54, 1.807) is 0 Å². The number of ketones is 1. The van der Waals surface area contributed by atoms with Crippen LogP contribution >= 0.6 is 0 Å². The first-order valence-electron chi connectivity index (χ1n) is 3.22. The van der Waals surface area contributed by atoms with Gasteiger partial charge >= 0.3 is 0 Å². The van der Waals surface area contributed by atoms with Crippen molar-refractivity contribution in [3.8, 4) is 0 Å². The van der Waals surface area contributed by atoms with Gasteiger partial charge in [0.25, 0.3) is 0 Å². The van der Waals surface area contributed by atoms with Gasteiger partial charge in [0, 0.05) is 0 Å². The van der Waals surface area contributed by atoms with Gasteiger partial charge in [0.05, 0.1) is 6.61 Å². The van der Waals surface area contributed by atoms with E-state index in [0.29, 0.717) is 6.61 Å². The number of carbonyl (C=O) groups is 1. The van der Waals surface area contributed by atoms with E-state index in [9.17, 15) is 4.79 Å². The molecule has 2 fully saturated rings. The lowest BCUT2D eigenvalue weighted by atomic mass is 10.1. The maximum atomic E-state index is 10.9. The van der Waals surface area contributed by atoms with Crippen LogP contribution in [-0.4, -0.2) is 31.2 Å². The maximum Gasteiger partial charge on any atom is 0.190 e. The topological polar surface area (TPSA) is 35.5 Å². The Balaban J connectivity index is 2.24. The Morgan fingerprint density at radius 3 is 2.70 bits per heavy atom. The molecular weight excluding hydrogens is 132 g/mol. The van der Waals surface area contributed by atoms with E-state index in [4.69, 9.17) is 9.47 Å². The van der Waals surface area contributed by atoms with Crippen LogP contribution in [0.25, 0.3) is 0 Å². The highest BCUT2D eigenvalue weighted by Gasteiger charge is 2.42. The molecule has 2 aliphatic rings. The van der Waals surface area contributed by atoms with E-state index < -0.39 is 0 Å². The molecule has 0 unspecified atom stereocenters. The van der Waals surface area contributed by atoms with Crippen LogP contribution in [0.5, 0.6) is 0 Å². The summed E-state index contributed by atoms with van der Waals surface area (Å²) < 4.78 is 10.3. The van der Waals surface area contributed by atoms with Crippen LogP contribution in [0.3, 0.4) is 0 Å². The Hall–Kier alpha value is -0.670. The lowest BCUT2D eigenvalue weighted by molar-refractivity contribution is -0.124. The first-order valence-corrected chi connectivity index (χ1v) is 3.22. The van der Waals surface area contributed by atoms with Crippen molar-refractivity contribution in [1.82, 2.24) is 0 Å². The predicted octanol–water partition coefficient (Wildman–Crippen LogP) is -0.0907. The molecule has 0 bridgehead atoms. The fraction of sp³-hybridized carbons (Fsp3) is 0.571. The first kappa shape index (κ1) is 6.07. The molecule has 0 N–H and O–H groups in total. The van der Waals surface area contributed by atoms with E-state index >= 15 is 0 Å². The zero-order valence-electron chi connectivity index (χ0n) is 5.50. The zero-order chi connectivity index (χ0) is 7.14. The van der Waals surface area contributed by atoms with E-state index in [1.807, 2.05) is 0 Å². The van der Waals surface area contributed by atoms with Crippen LogP contribution < -0.4 is 0 Å². The highest BCUT2D eigenvalue weighted by Crippen LogP contribution is 2.26. The smallest absolute Gasteiger partial charge is 0.190 e. The normalized spacial score (nSPS) is 38.8. The Bertz CT molecular complexity index is 175. The van der Waals surface area contributed by atoms with Gasteiger partial charge in [0.1, 0.15) is 18.8 Å². The summed E-state index contributed by atoms with van der Waals surface area (Å²) >= 11 is 0. The molecule has 0 spiro atoms. The summed E-state index contributed by atoms with van der Waals surface area (Å²) in [5, 5.41) is 0. The molecule has 2 saturated heterocycles. The SMILES string of the molecule is C=C1CO[C@@H]2C(=O)CO[C@H]12. The summed E-state index contributed by atoms with van der Waals surface area (Å²) in [5.41, 5.74) is 0.885. The van der Waals surface area contributed by atoms with Gasteiger partial charge in [-0.05, 0) is 5.57 Å². The van der Waals surface area contributed by atoms with Gasteiger partial charge in [-0.15, -0.1) is 0 Å². The van der Waals surface area contributed by atoms with Crippen molar-refractivity contribution in [3.63, 3.8) is 0 Å². The molecule has 54 valence electrons. The molecule has 2 aliphatic heterocycles. The second kappa shape index (κ2) is 1.90. The summed E-state index contributed by atoms with van der Waals surface area (Å²) in [6.45, 7) is 4.39. The second-order valence-electron chi connectivity index (χ2n) is 2.59. The van der Waals surface area contributed by atoms with Crippen molar-refractivity contribution in [2.24, 2.45) is 0 Å². The number of ether oxygens (including phenoxy) is 2. The Kier molecular flexibility index (Phi) is 1.16. The van der Waals surface area contributed by atoms with Gasteiger partial charge in [-0.1, -0.05) is 6.58 Å². The molecule has 0 radical (unpaired) electrons. The number of fused-ring (bicyclic) bond motifs is 1. The van der Waals surface area contributed by atoms with Crippen molar-refractivity contribution in [1.29, 1.82) is 0 Å². The van der Waals surface area contributed by atoms with Crippen molar-refractivity contribution in [2.45, 2.75) is 12.2 Å². The average molecular weight is 140 g/mol. The van der Waals surface area contributed by atoms with Crippen LogP contribution in [0.15, 0.2) is 12.2 Å². The number of hydrogen-bond donors (Lipinski definition) is 0. The average Bonchev–Trinajstić information content (AvgIpc) is 2.41. The number of hydrogen-bond acceptors (Lipinski definition) is 3. The summed E-state index contributed by atoms with van der Waals surface area (Å²) in [5.74, 6) is 0.0450. The minimum Gasteiger partial charge on any atom is -0.363 e. The Morgan fingerprint density at radius 2 is 2.00 bits per heavy atom. The van der Waals surface area contributed by atoms with Gasteiger partial charge in [0.15, 0.2) is 5.78 Å². The molecule has 0 amide bonds. The molecule has 2 rings (SSSR count). The van der Waals surface area contributed by atoms with Crippen molar-refractivity contribution in [3.05, 3.63) is 12.2 Å². The van der Waals surface area contributed by atoms with E-state index in [-0.39, 0.29) is 24.6 Å². The molecule has 0 aromatic carbocycles. The van der Waals surface area contributed by atoms with Crippen LogP contribution in [0.4, 0.5) is 0 Å². The standard InChI is InChI=1S/C7H8O3/c1-4-2-9-7-5(8)3-10-6(4)7/h6-7H,1-3H2/t6-,7-/m1/s1. The van der Waals surface area contributed by atoms with Crippen LogP contribution in [0, 0.1) is 0 Å². The molecular formula is C7H8O3. The van der Waals surface area contributed by atoms with Crippen LogP contribution in [0.1, 0.15) is 0 Å². The van der Waals surface area contributed by atoms with Gasteiger partial charge in [-0.3, -0.25) is 4.79 Å². The highest BCUT2D eigenvalue weighted by molar-refractivity contribution is 5.87. The molecule has 0 saturated carbocycles. The number of rotatable bonds is 0. The van der Waals surface area contributed by atoms with Gasteiger partial charge in [0.2, 0.25) is 0 Å². The molecule has 0 aromatic heterocycles. The molecule has 10 heavy (non-hydrogen) atoms. The predicted molar refractivity (Wildman–Crippen MR) is 33.6 cm³/mol. The fourth-order valence-electron chi connectivity index (χ4n) is 1.30. The van der Waals surface area contributed by atoms with E-state index in [2.05, 4.69) is 6.58 Å². The highest BCUT2D eigenvalue weighted by atomic mass is 16.6. The molecule has 3 heteroatoms. The lowest BCUT2D eigenvalue weighted by Gasteiger charge is -2.03. The van der Waals surface area contributed by atoms with Gasteiger partial charge in [-0.25, -0.2) is 0 Å². The molecule has 0 aromatic rings. The summed E-state index contributed by atoms with van der Waals surface area (Å²) in [7, 11) is 0. The number of carbonyl (C=O) groups excluding carboxylic acids is 1. The molecule has 0 aliphatic carbocycles. The zero-order valence-corrected chi connectivity index (χ0v) is 5.50. The summed E-state index contributed by atoms with van der Waals surface area (Å²) in [4.78, 5) is 10.9. The van der Waals surface area contributed by atoms with Gasteiger partial charge in [-0.2, -0.15) is 0 Å².